The van der Waals surface area contributed by atoms with E-state index in [0.29, 0.717) is 12.8 Å². The van der Waals surface area contributed by atoms with E-state index in [0.717, 1.165) is 6.42 Å². The molecule has 0 fully saturated rings. The molecule has 0 rings (SSSR count). The van der Waals surface area contributed by atoms with Gasteiger partial charge in [0.15, 0.2) is 0 Å². The Labute approximate surface area is 75.6 Å². The minimum Gasteiger partial charge on any atom is -0.390 e. The molecule has 0 aromatic carbocycles. The second-order valence-electron chi connectivity index (χ2n) is 3.64. The number of hydrogen-bond acceptors (Lipinski definition) is 2. The standard InChI is InChI=1S/C10H22O2/c1-5-8(4)9(11)10(12,6-2)7-3/h8-9,11-12H,5-7H2,1-4H3. The van der Waals surface area contributed by atoms with Gasteiger partial charge in [0.1, 0.15) is 0 Å². The molecular formula is C10H22O2. The average molecular weight is 174 g/mol. The first-order chi connectivity index (χ1) is 5.51. The lowest BCUT2D eigenvalue weighted by molar-refractivity contribution is -0.102. The molecule has 0 amide bonds. The normalized spacial score (nSPS) is 17.5. The summed E-state index contributed by atoms with van der Waals surface area (Å²) >= 11 is 0. The molecule has 2 atom stereocenters. The van der Waals surface area contributed by atoms with E-state index in [9.17, 15) is 10.2 Å². The van der Waals surface area contributed by atoms with Crippen molar-refractivity contribution in [3.05, 3.63) is 0 Å². The topological polar surface area (TPSA) is 40.5 Å². The fraction of sp³-hybridized carbons (Fsp3) is 1.00. The van der Waals surface area contributed by atoms with Gasteiger partial charge in [-0.25, -0.2) is 0 Å². The minimum atomic E-state index is -0.880. The fourth-order valence-corrected chi connectivity index (χ4v) is 1.42. The van der Waals surface area contributed by atoms with Gasteiger partial charge in [-0.2, -0.15) is 0 Å². The van der Waals surface area contributed by atoms with Crippen LogP contribution in [0.3, 0.4) is 0 Å². The molecule has 2 nitrogen and oxygen atoms in total. The van der Waals surface area contributed by atoms with Gasteiger partial charge >= 0.3 is 0 Å². The summed E-state index contributed by atoms with van der Waals surface area (Å²) in [6.45, 7) is 7.82. The van der Waals surface area contributed by atoms with Gasteiger partial charge < -0.3 is 10.2 Å². The monoisotopic (exact) mass is 174 g/mol. The Morgan fingerprint density at radius 3 is 1.83 bits per heavy atom. The van der Waals surface area contributed by atoms with Crippen LogP contribution in [0, 0.1) is 5.92 Å². The summed E-state index contributed by atoms with van der Waals surface area (Å²) in [6.07, 6.45) is 1.56. The number of rotatable bonds is 5. The van der Waals surface area contributed by atoms with Gasteiger partial charge in [0.2, 0.25) is 0 Å². The number of hydrogen-bond donors (Lipinski definition) is 2. The van der Waals surface area contributed by atoms with E-state index in [4.69, 9.17) is 0 Å². The van der Waals surface area contributed by atoms with E-state index < -0.39 is 11.7 Å². The lowest BCUT2D eigenvalue weighted by Crippen LogP contribution is -2.44. The third-order valence-electron chi connectivity index (χ3n) is 2.96. The maximum Gasteiger partial charge on any atom is 0.0902 e. The number of aliphatic hydroxyl groups is 2. The highest BCUT2D eigenvalue weighted by atomic mass is 16.3. The van der Waals surface area contributed by atoms with Gasteiger partial charge in [-0.15, -0.1) is 0 Å². The van der Waals surface area contributed by atoms with Crippen LogP contribution in [-0.2, 0) is 0 Å². The second kappa shape index (κ2) is 4.83. The van der Waals surface area contributed by atoms with E-state index in [1.54, 1.807) is 0 Å². The highest BCUT2D eigenvalue weighted by molar-refractivity contribution is 4.86. The van der Waals surface area contributed by atoms with E-state index in [-0.39, 0.29) is 5.92 Å². The summed E-state index contributed by atoms with van der Waals surface area (Å²) in [5.41, 5.74) is -0.880. The molecule has 0 heterocycles. The van der Waals surface area contributed by atoms with Crippen LogP contribution >= 0.6 is 0 Å². The molecule has 2 N–H and O–H groups in total. The van der Waals surface area contributed by atoms with Gasteiger partial charge in [0.05, 0.1) is 11.7 Å². The largest absolute Gasteiger partial charge is 0.390 e. The molecule has 2 unspecified atom stereocenters. The van der Waals surface area contributed by atoms with Gasteiger partial charge in [-0.05, 0) is 18.8 Å². The predicted molar refractivity (Wildman–Crippen MR) is 51.0 cm³/mol. The fourth-order valence-electron chi connectivity index (χ4n) is 1.42. The maximum absolute atomic E-state index is 9.95. The van der Waals surface area contributed by atoms with Crippen molar-refractivity contribution in [2.24, 2.45) is 5.92 Å². The van der Waals surface area contributed by atoms with Crippen molar-refractivity contribution < 1.29 is 10.2 Å². The third kappa shape index (κ3) is 2.46. The van der Waals surface area contributed by atoms with Gasteiger partial charge in [-0.3, -0.25) is 0 Å². The molecule has 0 aliphatic heterocycles. The van der Waals surface area contributed by atoms with Gasteiger partial charge in [0, 0.05) is 0 Å². The first-order valence-corrected chi connectivity index (χ1v) is 4.92. The highest BCUT2D eigenvalue weighted by Crippen LogP contribution is 2.26. The Bertz CT molecular complexity index is 119. The number of aliphatic hydroxyl groups excluding tert-OH is 1. The van der Waals surface area contributed by atoms with Crippen LogP contribution < -0.4 is 0 Å². The van der Waals surface area contributed by atoms with Crippen molar-refractivity contribution in [3.8, 4) is 0 Å². The zero-order chi connectivity index (χ0) is 9.78. The molecule has 0 aliphatic carbocycles. The molecular weight excluding hydrogens is 152 g/mol. The smallest absolute Gasteiger partial charge is 0.0902 e. The van der Waals surface area contributed by atoms with E-state index >= 15 is 0 Å². The first kappa shape index (κ1) is 11.9. The summed E-state index contributed by atoms with van der Waals surface area (Å²) in [5.74, 6) is 0.176. The van der Waals surface area contributed by atoms with Crippen molar-refractivity contribution in [1.82, 2.24) is 0 Å². The lowest BCUT2D eigenvalue weighted by atomic mass is 9.83. The molecule has 0 radical (unpaired) electrons. The van der Waals surface area contributed by atoms with Crippen molar-refractivity contribution in [1.29, 1.82) is 0 Å². The van der Waals surface area contributed by atoms with Crippen LogP contribution in [0.5, 0.6) is 0 Å². The summed E-state index contributed by atoms with van der Waals surface area (Å²) in [6, 6.07) is 0. The highest BCUT2D eigenvalue weighted by Gasteiger charge is 2.34. The van der Waals surface area contributed by atoms with Gasteiger partial charge in [0.25, 0.3) is 0 Å². The predicted octanol–water partition coefficient (Wildman–Crippen LogP) is 1.94. The summed E-state index contributed by atoms with van der Waals surface area (Å²) in [5, 5.41) is 19.7. The first-order valence-electron chi connectivity index (χ1n) is 4.92. The van der Waals surface area contributed by atoms with Crippen molar-refractivity contribution in [3.63, 3.8) is 0 Å². The minimum absolute atomic E-state index is 0.176. The van der Waals surface area contributed by atoms with Crippen molar-refractivity contribution in [2.45, 2.75) is 58.7 Å². The molecule has 0 spiro atoms. The molecule has 0 bridgehead atoms. The SMILES string of the molecule is CCC(C)C(O)C(O)(CC)CC. The van der Waals surface area contributed by atoms with Crippen LogP contribution in [0.15, 0.2) is 0 Å². The Balaban J connectivity index is 4.29. The zero-order valence-electron chi connectivity index (χ0n) is 8.67. The molecule has 0 aliphatic rings. The van der Waals surface area contributed by atoms with Crippen molar-refractivity contribution in [2.75, 3.05) is 0 Å². The van der Waals surface area contributed by atoms with E-state index in [1.165, 1.54) is 0 Å². The zero-order valence-corrected chi connectivity index (χ0v) is 8.67. The molecule has 0 aromatic heterocycles. The lowest BCUT2D eigenvalue weighted by Gasteiger charge is -2.34. The molecule has 12 heavy (non-hydrogen) atoms. The molecule has 74 valence electrons. The van der Waals surface area contributed by atoms with Gasteiger partial charge in [-0.1, -0.05) is 34.1 Å². The second-order valence-corrected chi connectivity index (χ2v) is 3.64. The molecule has 2 heteroatoms. The van der Waals surface area contributed by atoms with Crippen LogP contribution in [0.25, 0.3) is 0 Å². The van der Waals surface area contributed by atoms with Crippen LogP contribution in [-0.4, -0.2) is 21.9 Å². The quantitative estimate of drug-likeness (QED) is 0.668. The summed E-state index contributed by atoms with van der Waals surface area (Å²) in [4.78, 5) is 0. The Kier molecular flexibility index (Phi) is 4.80. The Hall–Kier alpha value is -0.0800. The van der Waals surface area contributed by atoms with E-state index in [1.807, 2.05) is 27.7 Å². The van der Waals surface area contributed by atoms with Crippen LogP contribution in [0.2, 0.25) is 0 Å². The molecule has 0 saturated heterocycles. The molecule has 0 aromatic rings. The third-order valence-corrected chi connectivity index (χ3v) is 2.96. The van der Waals surface area contributed by atoms with Crippen LogP contribution in [0.4, 0.5) is 0 Å². The average Bonchev–Trinajstić information content (AvgIpc) is 2.14. The van der Waals surface area contributed by atoms with Crippen LogP contribution in [0.1, 0.15) is 47.0 Å². The maximum atomic E-state index is 9.95. The Morgan fingerprint density at radius 2 is 1.58 bits per heavy atom. The van der Waals surface area contributed by atoms with Crippen molar-refractivity contribution >= 4 is 0 Å². The summed E-state index contributed by atoms with van der Waals surface area (Å²) < 4.78 is 0. The molecule has 0 saturated carbocycles. The Morgan fingerprint density at radius 1 is 1.17 bits per heavy atom. The summed E-state index contributed by atoms with van der Waals surface area (Å²) in [7, 11) is 0. The van der Waals surface area contributed by atoms with E-state index in [2.05, 4.69) is 0 Å².